The third-order valence-corrected chi connectivity index (χ3v) is 5.91. The van der Waals surface area contributed by atoms with E-state index in [-0.39, 0.29) is 11.6 Å². The van der Waals surface area contributed by atoms with E-state index in [1.54, 1.807) is 30.3 Å². The molecule has 0 saturated carbocycles. The number of hydrogen-bond acceptors (Lipinski definition) is 5. The van der Waals surface area contributed by atoms with Crippen molar-refractivity contribution in [2.24, 2.45) is 0 Å². The molecule has 1 aliphatic rings. The molecule has 1 fully saturated rings. The quantitative estimate of drug-likeness (QED) is 0.541. The monoisotopic (exact) mass is 434 g/mol. The number of piperidine rings is 1. The van der Waals surface area contributed by atoms with Crippen molar-refractivity contribution in [3.8, 4) is 6.07 Å². The zero-order chi connectivity index (χ0) is 22.0. The number of aromatic nitrogens is 1. The van der Waals surface area contributed by atoms with Crippen LogP contribution in [0.25, 0.3) is 10.9 Å². The Kier molecular flexibility index (Phi) is 5.97. The molecule has 6 nitrogen and oxygen atoms in total. The average molecular weight is 435 g/mol. The van der Waals surface area contributed by atoms with Crippen LogP contribution in [-0.2, 0) is 0 Å². The van der Waals surface area contributed by atoms with E-state index in [1.165, 1.54) is 6.42 Å². The zero-order valence-electron chi connectivity index (χ0n) is 17.2. The third-order valence-electron chi connectivity index (χ3n) is 5.69. The highest BCUT2D eigenvalue weighted by atomic mass is 35.5. The predicted octanol–water partition coefficient (Wildman–Crippen LogP) is 5.62. The number of aromatic carboxylic acids is 1. The first kappa shape index (κ1) is 21.0. The molecule has 1 saturated heterocycles. The van der Waals surface area contributed by atoms with E-state index < -0.39 is 5.97 Å². The molecule has 4 rings (SSSR count). The Morgan fingerprint density at radius 1 is 1.23 bits per heavy atom. The molecule has 0 radical (unpaired) electrons. The van der Waals surface area contributed by atoms with Gasteiger partial charge in [0.15, 0.2) is 0 Å². The fourth-order valence-corrected chi connectivity index (χ4v) is 4.34. The minimum Gasteiger partial charge on any atom is -0.478 e. The van der Waals surface area contributed by atoms with Gasteiger partial charge in [0.25, 0.3) is 0 Å². The van der Waals surface area contributed by atoms with Crippen LogP contribution >= 0.6 is 11.6 Å². The van der Waals surface area contributed by atoms with Gasteiger partial charge in [0, 0.05) is 34.7 Å². The maximum Gasteiger partial charge on any atom is 0.337 e. The highest BCUT2D eigenvalue weighted by molar-refractivity contribution is 6.31. The van der Waals surface area contributed by atoms with Crippen LogP contribution in [0.15, 0.2) is 42.5 Å². The van der Waals surface area contributed by atoms with E-state index in [9.17, 15) is 15.2 Å². The van der Waals surface area contributed by atoms with Crippen LogP contribution in [0.5, 0.6) is 0 Å². The number of pyridine rings is 1. The van der Waals surface area contributed by atoms with Crippen LogP contribution in [0.1, 0.15) is 53.7 Å². The van der Waals surface area contributed by atoms with Gasteiger partial charge in [-0.1, -0.05) is 23.7 Å². The second kappa shape index (κ2) is 8.83. The summed E-state index contributed by atoms with van der Waals surface area (Å²) in [6, 6.07) is 14.2. The number of rotatable bonds is 5. The van der Waals surface area contributed by atoms with Crippen molar-refractivity contribution in [1.82, 2.24) is 4.98 Å². The van der Waals surface area contributed by atoms with Gasteiger partial charge in [-0.05, 0) is 56.5 Å². The molecule has 3 aromatic rings. The van der Waals surface area contributed by atoms with Gasteiger partial charge in [-0.25, -0.2) is 9.78 Å². The summed E-state index contributed by atoms with van der Waals surface area (Å²) in [5, 5.41) is 23.8. The fourth-order valence-electron chi connectivity index (χ4n) is 4.12. The molecule has 0 unspecified atom stereocenters. The second-order valence-corrected chi connectivity index (χ2v) is 8.23. The summed E-state index contributed by atoms with van der Waals surface area (Å²) in [5.41, 5.74) is 2.77. The maximum absolute atomic E-state index is 11.6. The summed E-state index contributed by atoms with van der Waals surface area (Å²) in [7, 11) is 0. The molecular weight excluding hydrogens is 412 g/mol. The molecule has 2 heterocycles. The largest absolute Gasteiger partial charge is 0.478 e. The van der Waals surface area contributed by atoms with Gasteiger partial charge in [0.1, 0.15) is 5.82 Å². The van der Waals surface area contributed by atoms with Crippen molar-refractivity contribution in [2.75, 3.05) is 23.3 Å². The molecule has 1 atom stereocenters. The molecule has 1 aromatic heterocycles. The molecule has 2 aromatic carbocycles. The van der Waals surface area contributed by atoms with Crippen molar-refractivity contribution < 1.29 is 9.90 Å². The van der Waals surface area contributed by atoms with Gasteiger partial charge < -0.3 is 15.3 Å². The molecule has 158 valence electrons. The summed E-state index contributed by atoms with van der Waals surface area (Å²) >= 11 is 6.40. The van der Waals surface area contributed by atoms with E-state index in [0.29, 0.717) is 27.2 Å². The lowest BCUT2D eigenvalue weighted by molar-refractivity contribution is 0.0698. The summed E-state index contributed by atoms with van der Waals surface area (Å²) in [4.78, 5) is 18.7. The van der Waals surface area contributed by atoms with Gasteiger partial charge in [-0.3, -0.25) is 0 Å². The van der Waals surface area contributed by atoms with Crippen LogP contribution in [0, 0.1) is 11.3 Å². The minimum atomic E-state index is -0.997. The Hall–Kier alpha value is -3.30. The Labute approximate surface area is 186 Å². The maximum atomic E-state index is 11.6. The van der Waals surface area contributed by atoms with E-state index in [0.717, 1.165) is 37.3 Å². The van der Waals surface area contributed by atoms with Crippen LogP contribution in [0.3, 0.4) is 0 Å². The molecule has 31 heavy (non-hydrogen) atoms. The van der Waals surface area contributed by atoms with Crippen LogP contribution in [-0.4, -0.2) is 29.1 Å². The topological polar surface area (TPSA) is 89.2 Å². The number of carbonyl (C=O) groups is 1. The molecular formula is C24H23ClN4O2. The lowest BCUT2D eigenvalue weighted by Gasteiger charge is -2.28. The highest BCUT2D eigenvalue weighted by Crippen LogP contribution is 2.34. The first-order valence-corrected chi connectivity index (χ1v) is 10.7. The average Bonchev–Trinajstić information content (AvgIpc) is 2.78. The van der Waals surface area contributed by atoms with Crippen molar-refractivity contribution in [3.05, 3.63) is 64.2 Å². The number of nitrogens with zero attached hydrogens (tertiary/aromatic N) is 3. The Bertz CT molecular complexity index is 1180. The van der Waals surface area contributed by atoms with Crippen LogP contribution in [0.4, 0.5) is 11.5 Å². The summed E-state index contributed by atoms with van der Waals surface area (Å²) < 4.78 is 0. The predicted molar refractivity (Wildman–Crippen MR) is 123 cm³/mol. The Morgan fingerprint density at radius 2 is 1.97 bits per heavy atom. The van der Waals surface area contributed by atoms with Gasteiger partial charge in [-0.2, -0.15) is 5.26 Å². The number of hydrogen-bond donors (Lipinski definition) is 2. The van der Waals surface area contributed by atoms with Crippen LogP contribution < -0.4 is 10.2 Å². The van der Waals surface area contributed by atoms with Gasteiger partial charge >= 0.3 is 5.97 Å². The summed E-state index contributed by atoms with van der Waals surface area (Å²) in [5.74, 6) is -0.200. The van der Waals surface area contributed by atoms with E-state index >= 15 is 0 Å². The Balaban J connectivity index is 1.81. The molecule has 0 amide bonds. The molecule has 0 spiro atoms. The number of nitrogens with one attached hydrogen (secondary N) is 1. The smallest absolute Gasteiger partial charge is 0.337 e. The van der Waals surface area contributed by atoms with Crippen LogP contribution in [0.2, 0.25) is 5.02 Å². The summed E-state index contributed by atoms with van der Waals surface area (Å²) in [6.07, 6.45) is 3.43. The lowest BCUT2D eigenvalue weighted by Crippen LogP contribution is -2.30. The number of anilines is 2. The van der Waals surface area contributed by atoms with Gasteiger partial charge in [0.2, 0.25) is 0 Å². The summed E-state index contributed by atoms with van der Waals surface area (Å²) in [6.45, 7) is 3.78. The SMILES string of the molecule is C[C@H](Nc1ccccc1C(=O)O)c1cc(Cl)cc2c(C#N)cc(N3CCCCC3)nc12. The third kappa shape index (κ3) is 4.28. The van der Waals surface area contributed by atoms with Crippen molar-refractivity contribution in [1.29, 1.82) is 5.26 Å². The van der Waals surface area contributed by atoms with E-state index in [1.807, 2.05) is 19.1 Å². The number of carboxylic acids is 1. The Morgan fingerprint density at radius 3 is 2.68 bits per heavy atom. The first-order valence-electron chi connectivity index (χ1n) is 10.4. The number of benzene rings is 2. The molecule has 7 heteroatoms. The molecule has 1 aliphatic heterocycles. The second-order valence-electron chi connectivity index (χ2n) is 7.80. The number of carboxylic acid groups (broad SMARTS) is 1. The number of halogens is 1. The van der Waals surface area contributed by atoms with E-state index in [4.69, 9.17) is 16.6 Å². The zero-order valence-corrected chi connectivity index (χ0v) is 18.0. The first-order chi connectivity index (χ1) is 15.0. The van der Waals surface area contributed by atoms with Gasteiger partial charge in [-0.15, -0.1) is 0 Å². The standard InChI is InChI=1S/C24H23ClN4O2/c1-15(27-21-8-4-3-7-18(21)24(30)31)19-12-17(25)13-20-16(14-26)11-22(28-23(19)20)29-9-5-2-6-10-29/h3-4,7-8,11-13,15,27H,2,5-6,9-10H2,1H3,(H,30,31)/t15-/m0/s1. The van der Waals surface area contributed by atoms with Crippen molar-refractivity contribution in [3.63, 3.8) is 0 Å². The number of fused-ring (bicyclic) bond motifs is 1. The lowest BCUT2D eigenvalue weighted by atomic mass is 10.00. The van der Waals surface area contributed by atoms with Crippen molar-refractivity contribution >= 4 is 40.0 Å². The molecule has 2 N–H and O–H groups in total. The fraction of sp³-hybridized carbons (Fsp3) is 0.292. The normalized spacial score (nSPS) is 14.8. The van der Waals surface area contributed by atoms with Gasteiger partial charge in [0.05, 0.1) is 28.8 Å². The molecule has 0 bridgehead atoms. The van der Waals surface area contributed by atoms with E-state index in [2.05, 4.69) is 16.3 Å². The molecule has 0 aliphatic carbocycles. The number of para-hydroxylation sites is 1. The number of nitriles is 1. The minimum absolute atomic E-state index is 0.195. The van der Waals surface area contributed by atoms with Crippen molar-refractivity contribution in [2.45, 2.75) is 32.2 Å². The highest BCUT2D eigenvalue weighted by Gasteiger charge is 2.20.